The highest BCUT2D eigenvalue weighted by Crippen LogP contribution is 2.40. The summed E-state index contributed by atoms with van der Waals surface area (Å²) in [6, 6.07) is 14.1. The van der Waals surface area contributed by atoms with Crippen LogP contribution < -0.4 is 4.74 Å². The lowest BCUT2D eigenvalue weighted by Gasteiger charge is -2.27. The fraction of sp³-hybridized carbons (Fsp3) is 0.429. The van der Waals surface area contributed by atoms with Crippen LogP contribution in [0.2, 0.25) is 0 Å². The molecule has 2 unspecified atom stereocenters. The fourth-order valence-electron chi connectivity index (χ4n) is 4.58. The van der Waals surface area contributed by atoms with Gasteiger partial charge in [0, 0.05) is 18.7 Å². The number of benzene rings is 2. The van der Waals surface area contributed by atoms with Gasteiger partial charge < -0.3 is 19.5 Å². The Bertz CT molecular complexity index is 1040. The number of likely N-dealkylation sites (tertiary alicyclic amines) is 1. The monoisotopic (exact) mass is 463 g/mol. The van der Waals surface area contributed by atoms with Crippen molar-refractivity contribution in [2.75, 3.05) is 19.8 Å². The van der Waals surface area contributed by atoms with Crippen LogP contribution in [0.1, 0.15) is 61.8 Å². The van der Waals surface area contributed by atoms with Crippen molar-refractivity contribution in [1.82, 2.24) is 4.90 Å². The first kappa shape index (κ1) is 24.0. The Morgan fingerprint density at radius 2 is 1.82 bits per heavy atom. The van der Waals surface area contributed by atoms with E-state index < -0.39 is 17.7 Å². The zero-order valence-electron chi connectivity index (χ0n) is 20.0. The number of aryl methyl sites for hydroxylation is 1. The van der Waals surface area contributed by atoms with Crippen LogP contribution in [0, 0.1) is 6.92 Å². The molecule has 0 aliphatic carbocycles. The quantitative estimate of drug-likeness (QED) is 0.240. The molecule has 2 fully saturated rings. The Balaban J connectivity index is 1.68. The SMILES string of the molecule is CCCCCOc1ccc(C2C(=C(O)c3ccc(C)cc3)C(=O)C(=O)N2CC2CCCO2)cc1. The molecule has 6 nitrogen and oxygen atoms in total. The second-order valence-corrected chi connectivity index (χ2v) is 9.08. The van der Waals surface area contributed by atoms with Gasteiger partial charge in [-0.3, -0.25) is 9.59 Å². The third-order valence-electron chi connectivity index (χ3n) is 6.50. The molecule has 2 aromatic rings. The number of carbonyl (C=O) groups excluding carboxylic acids is 2. The molecule has 180 valence electrons. The van der Waals surface area contributed by atoms with Crippen molar-refractivity contribution < 1.29 is 24.2 Å². The minimum atomic E-state index is -0.681. The number of ketones is 1. The Labute approximate surface area is 201 Å². The maximum Gasteiger partial charge on any atom is 0.295 e. The summed E-state index contributed by atoms with van der Waals surface area (Å²) in [6.45, 7) is 5.73. The van der Waals surface area contributed by atoms with Crippen LogP contribution in [0.3, 0.4) is 0 Å². The highest BCUT2D eigenvalue weighted by Gasteiger charge is 2.47. The van der Waals surface area contributed by atoms with Gasteiger partial charge in [-0.2, -0.15) is 0 Å². The molecule has 6 heteroatoms. The van der Waals surface area contributed by atoms with Gasteiger partial charge in [0.15, 0.2) is 0 Å². The number of hydrogen-bond acceptors (Lipinski definition) is 5. The fourth-order valence-corrected chi connectivity index (χ4v) is 4.58. The average Bonchev–Trinajstić information content (AvgIpc) is 3.45. The van der Waals surface area contributed by atoms with Crippen molar-refractivity contribution in [3.63, 3.8) is 0 Å². The number of ether oxygens (including phenoxy) is 2. The molecule has 2 heterocycles. The third-order valence-corrected chi connectivity index (χ3v) is 6.50. The molecule has 0 aromatic heterocycles. The van der Waals surface area contributed by atoms with Gasteiger partial charge in [0.1, 0.15) is 11.5 Å². The summed E-state index contributed by atoms with van der Waals surface area (Å²) in [5, 5.41) is 11.2. The summed E-state index contributed by atoms with van der Waals surface area (Å²) in [5.41, 5.74) is 2.43. The maximum atomic E-state index is 13.2. The van der Waals surface area contributed by atoms with Crippen LogP contribution >= 0.6 is 0 Å². The number of unbranched alkanes of at least 4 members (excludes halogenated alkanes) is 2. The van der Waals surface area contributed by atoms with E-state index in [9.17, 15) is 14.7 Å². The number of rotatable bonds is 9. The predicted octanol–water partition coefficient (Wildman–Crippen LogP) is 5.16. The highest BCUT2D eigenvalue weighted by molar-refractivity contribution is 6.46. The van der Waals surface area contributed by atoms with Gasteiger partial charge >= 0.3 is 0 Å². The van der Waals surface area contributed by atoms with Crippen molar-refractivity contribution in [3.05, 3.63) is 70.8 Å². The summed E-state index contributed by atoms with van der Waals surface area (Å²) >= 11 is 0. The topological polar surface area (TPSA) is 76.1 Å². The van der Waals surface area contributed by atoms with E-state index in [-0.39, 0.29) is 17.4 Å². The summed E-state index contributed by atoms with van der Waals surface area (Å²) < 4.78 is 11.6. The molecule has 0 radical (unpaired) electrons. The second kappa shape index (κ2) is 10.9. The van der Waals surface area contributed by atoms with Crippen LogP contribution in [0.25, 0.3) is 5.76 Å². The molecule has 2 aromatic carbocycles. The molecule has 2 atom stereocenters. The summed E-state index contributed by atoms with van der Waals surface area (Å²) in [4.78, 5) is 27.8. The van der Waals surface area contributed by atoms with Crippen LogP contribution in [0.5, 0.6) is 5.75 Å². The molecule has 34 heavy (non-hydrogen) atoms. The first-order valence-corrected chi connectivity index (χ1v) is 12.2. The standard InChI is InChI=1S/C28H33NO5/c1-3-4-5-16-33-22-14-12-20(13-15-22)25-24(26(30)21-10-8-19(2)9-11-21)27(31)28(32)29(25)18-23-7-6-17-34-23/h8-15,23,25,30H,3-7,16-18H2,1-2H3. The maximum absolute atomic E-state index is 13.2. The number of amides is 1. The first-order valence-electron chi connectivity index (χ1n) is 12.2. The van der Waals surface area contributed by atoms with Crippen molar-refractivity contribution in [3.8, 4) is 5.75 Å². The van der Waals surface area contributed by atoms with Gasteiger partial charge in [-0.1, -0.05) is 61.7 Å². The van der Waals surface area contributed by atoms with Gasteiger partial charge in [0.2, 0.25) is 0 Å². The number of carbonyl (C=O) groups is 2. The Morgan fingerprint density at radius 3 is 2.47 bits per heavy atom. The number of hydrogen-bond donors (Lipinski definition) is 1. The lowest BCUT2D eigenvalue weighted by atomic mass is 9.95. The van der Waals surface area contributed by atoms with Gasteiger partial charge in [-0.15, -0.1) is 0 Å². The van der Waals surface area contributed by atoms with Crippen LogP contribution in [0.4, 0.5) is 0 Å². The Morgan fingerprint density at radius 1 is 1.09 bits per heavy atom. The summed E-state index contributed by atoms with van der Waals surface area (Å²) in [6.07, 6.45) is 4.92. The highest BCUT2D eigenvalue weighted by atomic mass is 16.5. The minimum Gasteiger partial charge on any atom is -0.507 e. The number of nitrogens with zero attached hydrogens (tertiary/aromatic N) is 1. The lowest BCUT2D eigenvalue weighted by molar-refractivity contribution is -0.140. The van der Waals surface area contributed by atoms with Gasteiger partial charge in [-0.25, -0.2) is 0 Å². The third kappa shape index (κ3) is 5.17. The number of Topliss-reactive ketones (excluding diaryl/α,β-unsaturated/α-hetero) is 1. The molecule has 2 aliphatic rings. The largest absolute Gasteiger partial charge is 0.507 e. The van der Waals surface area contributed by atoms with Gasteiger partial charge in [0.25, 0.3) is 11.7 Å². The van der Waals surface area contributed by atoms with Crippen LogP contribution in [0.15, 0.2) is 54.1 Å². The molecule has 2 aliphatic heterocycles. The summed E-state index contributed by atoms with van der Waals surface area (Å²) in [7, 11) is 0. The second-order valence-electron chi connectivity index (χ2n) is 9.08. The molecular formula is C28H33NO5. The van der Waals surface area contributed by atoms with Crippen molar-refractivity contribution >= 4 is 17.4 Å². The Kier molecular flexibility index (Phi) is 7.68. The van der Waals surface area contributed by atoms with E-state index >= 15 is 0 Å². The van der Waals surface area contributed by atoms with E-state index in [1.54, 1.807) is 17.0 Å². The van der Waals surface area contributed by atoms with Gasteiger partial charge in [-0.05, 0) is 43.9 Å². The van der Waals surface area contributed by atoms with Gasteiger partial charge in [0.05, 0.1) is 24.3 Å². The van der Waals surface area contributed by atoms with Crippen LogP contribution in [-0.4, -0.2) is 47.6 Å². The number of aliphatic hydroxyl groups excluding tert-OH is 1. The van der Waals surface area contributed by atoms with E-state index in [1.807, 2.05) is 43.3 Å². The first-order chi connectivity index (χ1) is 16.5. The normalized spacial score (nSPS) is 21.9. The molecular weight excluding hydrogens is 430 g/mol. The smallest absolute Gasteiger partial charge is 0.295 e. The van der Waals surface area contributed by atoms with Crippen molar-refractivity contribution in [1.29, 1.82) is 0 Å². The average molecular weight is 464 g/mol. The Hall–Kier alpha value is -3.12. The molecule has 2 saturated heterocycles. The molecule has 1 amide bonds. The summed E-state index contributed by atoms with van der Waals surface area (Å²) in [5.74, 6) is -0.678. The van der Waals surface area contributed by atoms with E-state index in [4.69, 9.17) is 9.47 Å². The van der Waals surface area contributed by atoms with E-state index in [2.05, 4.69) is 6.92 Å². The number of aliphatic hydroxyl groups is 1. The van der Waals surface area contributed by atoms with Crippen molar-refractivity contribution in [2.45, 2.75) is 58.1 Å². The zero-order chi connectivity index (χ0) is 24.1. The molecule has 1 N–H and O–H groups in total. The van der Waals surface area contributed by atoms with Crippen molar-refractivity contribution in [2.24, 2.45) is 0 Å². The van der Waals surface area contributed by atoms with E-state index in [0.29, 0.717) is 25.3 Å². The van der Waals surface area contributed by atoms with E-state index in [1.165, 1.54) is 0 Å². The molecule has 0 saturated carbocycles. The molecule has 0 spiro atoms. The lowest BCUT2D eigenvalue weighted by Crippen LogP contribution is -2.36. The zero-order valence-corrected chi connectivity index (χ0v) is 20.0. The predicted molar refractivity (Wildman–Crippen MR) is 131 cm³/mol. The molecule has 4 rings (SSSR count). The van der Waals surface area contributed by atoms with E-state index in [0.717, 1.165) is 49.0 Å². The minimum absolute atomic E-state index is 0.110. The van der Waals surface area contributed by atoms with Crippen LogP contribution in [-0.2, 0) is 14.3 Å². The molecule has 0 bridgehead atoms.